The van der Waals surface area contributed by atoms with Gasteiger partial charge in [-0.05, 0) is 62.9 Å². The lowest BCUT2D eigenvalue weighted by Gasteiger charge is -2.26. The van der Waals surface area contributed by atoms with Crippen LogP contribution in [-0.2, 0) is 5.41 Å². The fraction of sp³-hybridized carbons (Fsp3) is 0.500. The molecule has 0 saturated carbocycles. The highest BCUT2D eigenvalue weighted by molar-refractivity contribution is 6.05. The number of aromatic nitrogens is 1. The van der Waals surface area contributed by atoms with Crippen molar-refractivity contribution >= 4 is 23.2 Å². The standard InChI is InChI=1S/C24H36N4O/c1-8-27(9-2)21-17-16-20(22(26-21)28(10-3)11-4)25-23(29)18-12-14-19(15-13-18)24(5,6)7/h12-17H,8-11H2,1-7H3,(H,25,29). The van der Waals surface area contributed by atoms with E-state index in [4.69, 9.17) is 4.98 Å². The average molecular weight is 397 g/mol. The summed E-state index contributed by atoms with van der Waals surface area (Å²) in [6, 6.07) is 11.8. The highest BCUT2D eigenvalue weighted by atomic mass is 16.1. The summed E-state index contributed by atoms with van der Waals surface area (Å²) >= 11 is 0. The third kappa shape index (κ3) is 5.49. The van der Waals surface area contributed by atoms with Gasteiger partial charge in [-0.3, -0.25) is 4.79 Å². The van der Waals surface area contributed by atoms with Crippen LogP contribution in [0.4, 0.5) is 17.3 Å². The molecule has 1 aromatic carbocycles. The Bertz CT molecular complexity index is 801. The maximum absolute atomic E-state index is 12.9. The molecule has 5 heteroatoms. The van der Waals surface area contributed by atoms with E-state index >= 15 is 0 Å². The number of rotatable bonds is 8. The molecule has 0 aliphatic heterocycles. The number of nitrogens with zero attached hydrogens (tertiary/aromatic N) is 3. The molecule has 1 heterocycles. The van der Waals surface area contributed by atoms with Crippen molar-refractivity contribution in [2.45, 2.75) is 53.9 Å². The molecule has 1 N–H and O–H groups in total. The molecule has 0 fully saturated rings. The zero-order chi connectivity index (χ0) is 21.6. The number of hydrogen-bond acceptors (Lipinski definition) is 4. The fourth-order valence-corrected chi connectivity index (χ4v) is 3.34. The van der Waals surface area contributed by atoms with Crippen LogP contribution in [0.1, 0.15) is 64.4 Å². The van der Waals surface area contributed by atoms with E-state index in [9.17, 15) is 4.79 Å². The number of amides is 1. The van der Waals surface area contributed by atoms with Crippen LogP contribution in [0.5, 0.6) is 0 Å². The van der Waals surface area contributed by atoms with E-state index in [0.717, 1.165) is 43.5 Å². The van der Waals surface area contributed by atoms with Crippen molar-refractivity contribution < 1.29 is 4.79 Å². The molecule has 0 radical (unpaired) electrons. The molecule has 1 aromatic heterocycles. The molecule has 0 unspecified atom stereocenters. The summed E-state index contributed by atoms with van der Waals surface area (Å²) in [5, 5.41) is 3.07. The number of carbonyl (C=O) groups is 1. The average Bonchev–Trinajstić information content (AvgIpc) is 2.71. The van der Waals surface area contributed by atoms with Crippen LogP contribution >= 0.6 is 0 Å². The van der Waals surface area contributed by atoms with Crippen LogP contribution in [0.3, 0.4) is 0 Å². The van der Waals surface area contributed by atoms with Gasteiger partial charge in [0.25, 0.3) is 5.91 Å². The second kappa shape index (κ2) is 9.77. The second-order valence-corrected chi connectivity index (χ2v) is 8.17. The Hall–Kier alpha value is -2.56. The van der Waals surface area contributed by atoms with E-state index in [1.54, 1.807) is 0 Å². The predicted octanol–water partition coefficient (Wildman–Crippen LogP) is 5.32. The lowest BCUT2D eigenvalue weighted by atomic mass is 9.87. The van der Waals surface area contributed by atoms with Crippen molar-refractivity contribution in [1.29, 1.82) is 0 Å². The maximum atomic E-state index is 12.9. The van der Waals surface area contributed by atoms with Gasteiger partial charge in [-0.1, -0.05) is 32.9 Å². The predicted molar refractivity (Wildman–Crippen MR) is 124 cm³/mol. The lowest BCUT2D eigenvalue weighted by molar-refractivity contribution is 0.102. The van der Waals surface area contributed by atoms with Crippen molar-refractivity contribution in [3.05, 3.63) is 47.5 Å². The van der Waals surface area contributed by atoms with Crippen molar-refractivity contribution in [2.24, 2.45) is 0 Å². The highest BCUT2D eigenvalue weighted by Gasteiger charge is 2.18. The van der Waals surface area contributed by atoms with E-state index in [1.807, 2.05) is 36.4 Å². The minimum atomic E-state index is -0.115. The van der Waals surface area contributed by atoms with Gasteiger partial charge in [-0.25, -0.2) is 4.98 Å². The summed E-state index contributed by atoms with van der Waals surface area (Å²) in [6.45, 7) is 18.4. The summed E-state index contributed by atoms with van der Waals surface area (Å²) in [7, 11) is 0. The monoisotopic (exact) mass is 396 g/mol. The molecule has 1 amide bonds. The van der Waals surface area contributed by atoms with E-state index in [2.05, 4.69) is 63.6 Å². The van der Waals surface area contributed by atoms with Gasteiger partial charge in [0.1, 0.15) is 5.82 Å². The van der Waals surface area contributed by atoms with Gasteiger partial charge in [-0.2, -0.15) is 0 Å². The highest BCUT2D eigenvalue weighted by Crippen LogP contribution is 2.28. The molecular formula is C24H36N4O. The zero-order valence-electron chi connectivity index (χ0n) is 19.0. The van der Waals surface area contributed by atoms with E-state index in [0.29, 0.717) is 5.56 Å². The number of nitrogens with one attached hydrogen (secondary N) is 1. The van der Waals surface area contributed by atoms with Gasteiger partial charge in [0.15, 0.2) is 5.82 Å². The Morgan fingerprint density at radius 1 is 0.862 bits per heavy atom. The van der Waals surface area contributed by atoms with Crippen molar-refractivity contribution in [3.63, 3.8) is 0 Å². The Balaban J connectivity index is 2.34. The molecule has 0 atom stereocenters. The van der Waals surface area contributed by atoms with Gasteiger partial charge in [0, 0.05) is 31.7 Å². The van der Waals surface area contributed by atoms with Crippen molar-refractivity contribution in [2.75, 3.05) is 41.3 Å². The first-order valence-electron chi connectivity index (χ1n) is 10.7. The largest absolute Gasteiger partial charge is 0.357 e. The van der Waals surface area contributed by atoms with Crippen LogP contribution in [0.2, 0.25) is 0 Å². The Kier molecular flexibility index (Phi) is 7.66. The van der Waals surface area contributed by atoms with Crippen LogP contribution < -0.4 is 15.1 Å². The topological polar surface area (TPSA) is 48.5 Å². The zero-order valence-corrected chi connectivity index (χ0v) is 19.0. The molecule has 2 rings (SSSR count). The first-order valence-corrected chi connectivity index (χ1v) is 10.7. The number of benzene rings is 1. The van der Waals surface area contributed by atoms with E-state index in [-0.39, 0.29) is 11.3 Å². The Morgan fingerprint density at radius 2 is 1.41 bits per heavy atom. The van der Waals surface area contributed by atoms with Gasteiger partial charge in [0.2, 0.25) is 0 Å². The summed E-state index contributed by atoms with van der Waals surface area (Å²) in [5.74, 6) is 1.64. The number of carbonyl (C=O) groups excluding carboxylic acids is 1. The van der Waals surface area contributed by atoms with Crippen LogP contribution in [0.15, 0.2) is 36.4 Å². The maximum Gasteiger partial charge on any atom is 0.255 e. The lowest BCUT2D eigenvalue weighted by Crippen LogP contribution is -2.28. The summed E-state index contributed by atoms with van der Waals surface area (Å²) in [6.07, 6.45) is 0. The quantitative estimate of drug-likeness (QED) is 0.656. The van der Waals surface area contributed by atoms with Crippen LogP contribution in [-0.4, -0.2) is 37.1 Å². The third-order valence-corrected chi connectivity index (χ3v) is 5.27. The molecule has 29 heavy (non-hydrogen) atoms. The fourth-order valence-electron chi connectivity index (χ4n) is 3.34. The Labute approximate surface area is 176 Å². The van der Waals surface area contributed by atoms with Crippen molar-refractivity contribution in [1.82, 2.24) is 4.98 Å². The smallest absolute Gasteiger partial charge is 0.255 e. The molecule has 0 aliphatic rings. The van der Waals surface area contributed by atoms with E-state index < -0.39 is 0 Å². The van der Waals surface area contributed by atoms with Crippen molar-refractivity contribution in [3.8, 4) is 0 Å². The van der Waals surface area contributed by atoms with Gasteiger partial charge < -0.3 is 15.1 Å². The summed E-state index contributed by atoms with van der Waals surface area (Å²) < 4.78 is 0. The van der Waals surface area contributed by atoms with Crippen LogP contribution in [0, 0.1) is 0 Å². The molecule has 0 spiro atoms. The molecule has 0 bridgehead atoms. The van der Waals surface area contributed by atoms with Gasteiger partial charge >= 0.3 is 0 Å². The minimum absolute atomic E-state index is 0.0646. The Morgan fingerprint density at radius 3 is 1.90 bits per heavy atom. The van der Waals surface area contributed by atoms with Crippen LogP contribution in [0.25, 0.3) is 0 Å². The SMILES string of the molecule is CCN(CC)c1ccc(NC(=O)c2ccc(C(C)(C)C)cc2)c(N(CC)CC)n1. The molecule has 0 aliphatic carbocycles. The normalized spacial score (nSPS) is 11.3. The molecular weight excluding hydrogens is 360 g/mol. The first-order chi connectivity index (χ1) is 13.7. The number of pyridine rings is 1. The molecule has 158 valence electrons. The first kappa shape index (κ1) is 22.7. The summed E-state index contributed by atoms with van der Waals surface area (Å²) in [5.41, 5.74) is 2.67. The minimum Gasteiger partial charge on any atom is -0.357 e. The molecule has 2 aromatic rings. The molecule has 0 saturated heterocycles. The number of hydrogen-bond donors (Lipinski definition) is 1. The second-order valence-electron chi connectivity index (χ2n) is 8.17. The molecule has 5 nitrogen and oxygen atoms in total. The number of anilines is 3. The third-order valence-electron chi connectivity index (χ3n) is 5.27. The van der Waals surface area contributed by atoms with Gasteiger partial charge in [0.05, 0.1) is 5.69 Å². The summed E-state index contributed by atoms with van der Waals surface area (Å²) in [4.78, 5) is 22.2. The van der Waals surface area contributed by atoms with E-state index in [1.165, 1.54) is 5.56 Å². The van der Waals surface area contributed by atoms with Gasteiger partial charge in [-0.15, -0.1) is 0 Å².